The Morgan fingerprint density at radius 3 is 2.58 bits per heavy atom. The molecule has 0 unspecified atom stereocenters. The van der Waals surface area contributed by atoms with Crippen molar-refractivity contribution in [3.63, 3.8) is 0 Å². The first-order chi connectivity index (χ1) is 18.5. The van der Waals surface area contributed by atoms with Crippen LogP contribution in [0.25, 0.3) is 16.8 Å². The highest BCUT2D eigenvalue weighted by Gasteiger charge is 2.38. The van der Waals surface area contributed by atoms with E-state index < -0.39 is 0 Å². The van der Waals surface area contributed by atoms with E-state index in [1.807, 2.05) is 9.30 Å². The Bertz CT molecular complexity index is 1540. The predicted octanol–water partition coefficient (Wildman–Crippen LogP) is 6.53. The molecular weight excluding hydrogens is 494 g/mol. The summed E-state index contributed by atoms with van der Waals surface area (Å²) in [6, 6.07) is 18.1. The number of hydrogen-bond donors (Lipinski definition) is 1. The summed E-state index contributed by atoms with van der Waals surface area (Å²) in [6.07, 6.45) is 7.79. The number of anilines is 1. The number of imidazole rings is 1. The molecule has 1 amide bonds. The maximum atomic E-state index is 12.5. The molecule has 2 aromatic heterocycles. The van der Waals surface area contributed by atoms with Crippen LogP contribution in [0.15, 0.2) is 54.7 Å². The number of nitrogens with two attached hydrogens (primary N) is 1. The van der Waals surface area contributed by atoms with Gasteiger partial charge in [0.1, 0.15) is 28.0 Å². The summed E-state index contributed by atoms with van der Waals surface area (Å²) in [6.45, 7) is 2.94. The number of carbonyl (C=O) groups excluding carboxylic acids is 1. The Kier molecular flexibility index (Phi) is 5.69. The molecule has 2 aliphatic heterocycles. The third-order valence-electron chi connectivity index (χ3n) is 8.90. The largest absolute Gasteiger partial charge is 0.382 e. The van der Waals surface area contributed by atoms with Crippen molar-refractivity contribution < 1.29 is 4.79 Å². The van der Waals surface area contributed by atoms with Gasteiger partial charge in [-0.25, -0.2) is 9.97 Å². The second-order valence-electron chi connectivity index (χ2n) is 11.3. The van der Waals surface area contributed by atoms with E-state index in [0.717, 1.165) is 47.8 Å². The fourth-order valence-electron chi connectivity index (χ4n) is 6.51. The third-order valence-corrected chi connectivity index (χ3v) is 9.16. The summed E-state index contributed by atoms with van der Waals surface area (Å²) in [4.78, 5) is 24.0. The summed E-state index contributed by atoms with van der Waals surface area (Å²) in [5.74, 6) is 2.67. The fourth-order valence-corrected chi connectivity index (χ4v) is 6.73. The van der Waals surface area contributed by atoms with Gasteiger partial charge in [0, 0.05) is 36.4 Å². The number of amides is 1. The lowest BCUT2D eigenvalue weighted by atomic mass is 9.90. The maximum Gasteiger partial charge on any atom is 0.222 e. The summed E-state index contributed by atoms with van der Waals surface area (Å²) in [5.41, 5.74) is 13.0. The van der Waals surface area contributed by atoms with Gasteiger partial charge in [-0.1, -0.05) is 67.1 Å². The van der Waals surface area contributed by atoms with Crippen LogP contribution in [0.5, 0.6) is 0 Å². The molecule has 2 N–H and O–H groups in total. The summed E-state index contributed by atoms with van der Waals surface area (Å²) in [7, 11) is 0. The van der Waals surface area contributed by atoms with Crippen molar-refractivity contribution in [1.82, 2.24) is 19.3 Å². The van der Waals surface area contributed by atoms with Gasteiger partial charge >= 0.3 is 0 Å². The number of nitrogen functional groups attached to an aromatic ring is 1. The monoisotopic (exact) mass is 525 g/mol. The van der Waals surface area contributed by atoms with Crippen molar-refractivity contribution in [1.29, 1.82) is 0 Å². The quantitative estimate of drug-likeness (QED) is 0.321. The van der Waals surface area contributed by atoms with Gasteiger partial charge in [-0.05, 0) is 54.7 Å². The lowest BCUT2D eigenvalue weighted by molar-refractivity contribution is -0.130. The van der Waals surface area contributed by atoms with E-state index in [1.165, 1.54) is 29.5 Å². The van der Waals surface area contributed by atoms with E-state index in [0.29, 0.717) is 35.9 Å². The Hall–Kier alpha value is -3.38. The first kappa shape index (κ1) is 23.7. The zero-order valence-electron chi connectivity index (χ0n) is 21.6. The highest BCUT2D eigenvalue weighted by atomic mass is 35.5. The van der Waals surface area contributed by atoms with E-state index in [4.69, 9.17) is 22.3 Å². The van der Waals surface area contributed by atoms with Crippen LogP contribution in [0.1, 0.15) is 85.7 Å². The average Bonchev–Trinajstić information content (AvgIpc) is 3.63. The van der Waals surface area contributed by atoms with Gasteiger partial charge in [0.05, 0.1) is 6.20 Å². The lowest BCUT2D eigenvalue weighted by Gasteiger charge is -2.34. The van der Waals surface area contributed by atoms with Crippen LogP contribution >= 0.6 is 11.6 Å². The van der Waals surface area contributed by atoms with Gasteiger partial charge in [-0.2, -0.15) is 0 Å². The molecular formula is C31H32ClN5O. The maximum absolute atomic E-state index is 12.5. The predicted molar refractivity (Wildman–Crippen MR) is 150 cm³/mol. The molecule has 7 rings (SSSR count). The Morgan fingerprint density at radius 1 is 1.00 bits per heavy atom. The molecule has 1 saturated carbocycles. The van der Waals surface area contributed by atoms with Crippen LogP contribution in [0.4, 0.5) is 5.82 Å². The Morgan fingerprint density at radius 2 is 1.79 bits per heavy atom. The molecule has 3 fully saturated rings. The van der Waals surface area contributed by atoms with Crippen LogP contribution in [-0.4, -0.2) is 37.8 Å². The number of carbonyl (C=O) groups is 1. The van der Waals surface area contributed by atoms with Gasteiger partial charge in [0.2, 0.25) is 5.91 Å². The molecule has 2 aromatic carbocycles. The molecule has 3 atom stereocenters. The number of aromatic nitrogens is 3. The van der Waals surface area contributed by atoms with Gasteiger partial charge in [-0.15, -0.1) is 0 Å². The van der Waals surface area contributed by atoms with Gasteiger partial charge in [0.25, 0.3) is 0 Å². The van der Waals surface area contributed by atoms with Crippen LogP contribution in [-0.2, 0) is 4.79 Å². The zero-order valence-corrected chi connectivity index (χ0v) is 22.4. The second-order valence-corrected chi connectivity index (χ2v) is 11.7. The molecule has 6 nitrogen and oxygen atoms in total. The minimum atomic E-state index is 0.104. The molecule has 194 valence electrons. The molecule has 3 aliphatic rings. The highest BCUT2D eigenvalue weighted by molar-refractivity contribution is 6.30. The first-order valence-corrected chi connectivity index (χ1v) is 14.2. The minimum Gasteiger partial charge on any atom is -0.382 e. The molecule has 4 heterocycles. The van der Waals surface area contributed by atoms with Gasteiger partial charge < -0.3 is 10.6 Å². The van der Waals surface area contributed by atoms with Crippen LogP contribution in [0.3, 0.4) is 0 Å². The molecule has 0 bridgehead atoms. The van der Waals surface area contributed by atoms with Crippen molar-refractivity contribution in [3.8, 4) is 11.3 Å². The minimum absolute atomic E-state index is 0.104. The van der Waals surface area contributed by atoms with Crippen molar-refractivity contribution >= 4 is 28.8 Å². The molecule has 2 saturated heterocycles. The number of fused-ring (bicyclic) bond motifs is 2. The third kappa shape index (κ3) is 3.97. The normalized spacial score (nSPS) is 22.2. The molecule has 38 heavy (non-hydrogen) atoms. The van der Waals surface area contributed by atoms with Crippen molar-refractivity contribution in [2.24, 2.45) is 0 Å². The smallest absolute Gasteiger partial charge is 0.222 e. The van der Waals surface area contributed by atoms with Crippen LogP contribution in [0.2, 0.25) is 5.15 Å². The summed E-state index contributed by atoms with van der Waals surface area (Å²) in [5, 5.41) is 0.485. The zero-order chi connectivity index (χ0) is 26.0. The topological polar surface area (TPSA) is 76.5 Å². The number of hydrogen-bond acceptors (Lipinski definition) is 4. The van der Waals surface area contributed by atoms with E-state index in [1.54, 1.807) is 6.20 Å². The highest BCUT2D eigenvalue weighted by Crippen LogP contribution is 2.42. The molecule has 0 spiro atoms. The van der Waals surface area contributed by atoms with Crippen molar-refractivity contribution in [3.05, 3.63) is 82.4 Å². The number of halogens is 1. The molecule has 0 radical (unpaired) electrons. The van der Waals surface area contributed by atoms with Crippen LogP contribution in [0, 0.1) is 0 Å². The van der Waals surface area contributed by atoms with E-state index in [9.17, 15) is 4.79 Å². The lowest BCUT2D eigenvalue weighted by Crippen LogP contribution is -2.41. The average molecular weight is 526 g/mol. The Labute approximate surface area is 227 Å². The van der Waals surface area contributed by atoms with Crippen LogP contribution < -0.4 is 5.73 Å². The summed E-state index contributed by atoms with van der Waals surface area (Å²) >= 11 is 6.69. The molecule has 7 heteroatoms. The van der Waals surface area contributed by atoms with E-state index >= 15 is 0 Å². The number of nitrogens with zero attached hydrogens (tertiary/aromatic N) is 4. The van der Waals surface area contributed by atoms with Gasteiger partial charge in [0.15, 0.2) is 0 Å². The summed E-state index contributed by atoms with van der Waals surface area (Å²) < 4.78 is 1.95. The van der Waals surface area contributed by atoms with E-state index in [-0.39, 0.29) is 11.8 Å². The molecule has 4 aromatic rings. The Balaban J connectivity index is 1.24. The van der Waals surface area contributed by atoms with Crippen molar-refractivity contribution in [2.75, 3.05) is 12.3 Å². The second kappa shape index (κ2) is 9.12. The SMILES string of the molecule is C[C@@H](c1ccc(-c2nc([C@@H]3CC[C@H]4CCC(=O)N4C3)n3c(Cl)cnc(N)c23)cc1)c1cccc(C2CC2)c1. The van der Waals surface area contributed by atoms with Gasteiger partial charge in [-0.3, -0.25) is 9.20 Å². The number of rotatable bonds is 5. The number of benzene rings is 2. The standard InChI is InChI=1S/C31H32ClN5O/c1-18(22-3-2-4-23(15-22)20-7-8-20)19-5-9-21(10-6-19)28-29-30(33)34-16-26(32)37(29)31(35-28)24-11-12-25-13-14-27(38)36(25)17-24/h2-6,9-10,15-16,18,20,24-25H,7-8,11-14,17H2,1H3,(H2,33,34)/t18-,24+,25-/m0/s1. The van der Waals surface area contributed by atoms with Crippen molar-refractivity contribution in [2.45, 2.75) is 69.2 Å². The fraction of sp³-hybridized carbons (Fsp3) is 0.387. The first-order valence-electron chi connectivity index (χ1n) is 13.8. The number of piperidine rings is 1. The van der Waals surface area contributed by atoms with E-state index in [2.05, 4.69) is 60.4 Å². The molecule has 1 aliphatic carbocycles.